The summed E-state index contributed by atoms with van der Waals surface area (Å²) in [7, 11) is 0. The Morgan fingerprint density at radius 1 is 0.392 bits per heavy atom. The fraction of sp³-hybridized carbons (Fsp3) is 0.0217. The summed E-state index contributed by atoms with van der Waals surface area (Å²) in [5.41, 5.74) is 10.6. The summed E-state index contributed by atoms with van der Waals surface area (Å²) in [6.45, 7) is 2.22. The van der Waals surface area contributed by atoms with Gasteiger partial charge in [-0.1, -0.05) is 133 Å². The maximum atomic E-state index is 5.31. The second-order valence-corrected chi connectivity index (χ2v) is 12.9. The van der Waals surface area contributed by atoms with E-state index in [0.29, 0.717) is 17.5 Å². The van der Waals surface area contributed by atoms with Crippen LogP contribution in [-0.4, -0.2) is 24.1 Å². The molecule has 51 heavy (non-hydrogen) atoms. The largest absolute Gasteiger partial charge is 0.309 e. The maximum Gasteiger partial charge on any atom is 0.166 e. The van der Waals surface area contributed by atoms with Gasteiger partial charge in [0.15, 0.2) is 17.5 Å². The predicted octanol–water partition coefficient (Wildman–Crippen LogP) is 11.4. The summed E-state index contributed by atoms with van der Waals surface area (Å²) >= 11 is 0. The Morgan fingerprint density at radius 2 is 0.804 bits per heavy atom. The molecule has 5 nitrogen and oxygen atoms in total. The molecule has 240 valence electrons. The number of fused-ring (bicyclic) bond motifs is 6. The smallest absolute Gasteiger partial charge is 0.166 e. The van der Waals surface area contributed by atoms with Gasteiger partial charge >= 0.3 is 0 Å². The zero-order valence-electron chi connectivity index (χ0n) is 27.9. The van der Waals surface area contributed by atoms with Crippen molar-refractivity contribution in [3.05, 3.63) is 175 Å². The predicted molar refractivity (Wildman–Crippen MR) is 210 cm³/mol. The Labute approximate surface area is 294 Å². The first-order chi connectivity index (χ1) is 25.2. The minimum absolute atomic E-state index is 0.629. The molecule has 0 unspecified atom stereocenters. The lowest BCUT2D eigenvalue weighted by Gasteiger charge is -2.19. The van der Waals surface area contributed by atoms with E-state index in [1.165, 1.54) is 21.5 Å². The molecular formula is C46H31N5. The Kier molecular flexibility index (Phi) is 6.64. The highest BCUT2D eigenvalue weighted by molar-refractivity contribution is 6.15. The highest BCUT2D eigenvalue weighted by atomic mass is 15.1. The number of para-hydroxylation sites is 4. The minimum atomic E-state index is 0.629. The van der Waals surface area contributed by atoms with E-state index >= 15 is 0 Å². The molecule has 0 saturated heterocycles. The summed E-state index contributed by atoms with van der Waals surface area (Å²) in [5.74, 6) is 1.90. The lowest BCUT2D eigenvalue weighted by atomic mass is 9.99. The normalized spacial score (nSPS) is 11.6. The molecule has 10 aromatic rings. The summed E-state index contributed by atoms with van der Waals surface area (Å²) in [5, 5.41) is 4.77. The summed E-state index contributed by atoms with van der Waals surface area (Å²) in [4.78, 5) is 15.7. The number of hydrogen-bond acceptors (Lipinski definition) is 3. The first-order valence-electron chi connectivity index (χ1n) is 17.2. The molecule has 10 rings (SSSR count). The van der Waals surface area contributed by atoms with E-state index in [2.05, 4.69) is 150 Å². The van der Waals surface area contributed by atoms with Crippen LogP contribution in [0, 0.1) is 6.92 Å². The van der Waals surface area contributed by atoms with Crippen molar-refractivity contribution in [3.63, 3.8) is 0 Å². The SMILES string of the molecule is Cc1c(-c2nc(-c3ccccc3)nc(-c3ccccc3)n2)c(-n2c3ccccc3c3ccccc32)cc2c3ccccc3n(-c3ccccc3)c12. The quantitative estimate of drug-likeness (QED) is 0.186. The van der Waals surface area contributed by atoms with Crippen LogP contribution in [0.5, 0.6) is 0 Å². The maximum absolute atomic E-state index is 5.31. The number of aryl methyl sites for hydroxylation is 1. The molecular weight excluding hydrogens is 623 g/mol. The fourth-order valence-electron chi connectivity index (χ4n) is 7.71. The molecule has 7 aromatic carbocycles. The molecule has 0 aliphatic rings. The van der Waals surface area contributed by atoms with Gasteiger partial charge in [-0.25, -0.2) is 15.0 Å². The van der Waals surface area contributed by atoms with Crippen molar-refractivity contribution in [2.75, 3.05) is 0 Å². The van der Waals surface area contributed by atoms with Gasteiger partial charge in [-0.05, 0) is 48.9 Å². The summed E-state index contributed by atoms with van der Waals surface area (Å²) in [6.07, 6.45) is 0. The molecule has 0 N–H and O–H groups in total. The van der Waals surface area contributed by atoms with Gasteiger partial charge in [0.05, 0.1) is 27.8 Å². The third-order valence-corrected chi connectivity index (χ3v) is 9.94. The molecule has 0 bridgehead atoms. The van der Waals surface area contributed by atoms with E-state index < -0.39 is 0 Å². The summed E-state index contributed by atoms with van der Waals surface area (Å²) < 4.78 is 4.78. The Hall–Kier alpha value is -6.85. The Balaban J connectivity index is 1.40. The third-order valence-electron chi connectivity index (χ3n) is 9.94. The van der Waals surface area contributed by atoms with Crippen LogP contribution in [0.1, 0.15) is 5.56 Å². The van der Waals surface area contributed by atoms with Crippen LogP contribution >= 0.6 is 0 Å². The van der Waals surface area contributed by atoms with Crippen LogP contribution < -0.4 is 0 Å². The third kappa shape index (κ3) is 4.59. The van der Waals surface area contributed by atoms with Gasteiger partial charge in [-0.15, -0.1) is 0 Å². The van der Waals surface area contributed by atoms with Gasteiger partial charge in [0, 0.05) is 43.9 Å². The second kappa shape index (κ2) is 11.6. The van der Waals surface area contributed by atoms with Gasteiger partial charge in [0.25, 0.3) is 0 Å². The molecule has 3 heterocycles. The zero-order chi connectivity index (χ0) is 33.9. The van der Waals surface area contributed by atoms with Crippen LogP contribution in [-0.2, 0) is 0 Å². The zero-order valence-corrected chi connectivity index (χ0v) is 27.9. The number of rotatable bonds is 5. The topological polar surface area (TPSA) is 48.5 Å². The molecule has 0 radical (unpaired) electrons. The van der Waals surface area contributed by atoms with Crippen LogP contribution in [0.15, 0.2) is 170 Å². The molecule has 0 aliphatic heterocycles. The monoisotopic (exact) mass is 653 g/mol. The molecule has 0 aliphatic carbocycles. The highest BCUT2D eigenvalue weighted by Crippen LogP contribution is 2.43. The first kappa shape index (κ1) is 29.1. The Morgan fingerprint density at radius 3 is 1.33 bits per heavy atom. The molecule has 3 aromatic heterocycles. The lowest BCUT2D eigenvalue weighted by Crippen LogP contribution is -2.06. The van der Waals surface area contributed by atoms with Gasteiger partial charge in [-0.3, -0.25) is 0 Å². The molecule has 0 spiro atoms. The number of benzene rings is 7. The van der Waals surface area contributed by atoms with Crippen LogP contribution in [0.3, 0.4) is 0 Å². The molecule has 0 saturated carbocycles. The van der Waals surface area contributed by atoms with Crippen molar-refractivity contribution in [2.45, 2.75) is 6.92 Å². The Bertz CT molecular complexity index is 2790. The first-order valence-corrected chi connectivity index (χ1v) is 17.2. The standard InChI is InChI=1S/C46H31N5/c1-30-42(46-48-44(31-17-5-2-6-18-31)47-45(49-46)32-19-7-3-8-20-32)41(51-39-27-15-11-23-34(39)35-24-12-16-28-40(35)51)29-37-36-25-13-14-26-38(36)50(43(30)37)33-21-9-4-10-22-33/h2-29H,1H3. The van der Waals surface area contributed by atoms with E-state index in [-0.39, 0.29) is 0 Å². The van der Waals surface area contributed by atoms with Gasteiger partial charge in [0.2, 0.25) is 0 Å². The van der Waals surface area contributed by atoms with Gasteiger partial charge < -0.3 is 9.13 Å². The lowest BCUT2D eigenvalue weighted by molar-refractivity contribution is 1.06. The minimum Gasteiger partial charge on any atom is -0.309 e. The molecule has 0 amide bonds. The van der Waals surface area contributed by atoms with Crippen LogP contribution in [0.4, 0.5) is 0 Å². The van der Waals surface area contributed by atoms with E-state index in [1.807, 2.05) is 36.4 Å². The van der Waals surface area contributed by atoms with Crippen molar-refractivity contribution in [2.24, 2.45) is 0 Å². The van der Waals surface area contributed by atoms with E-state index in [1.54, 1.807) is 0 Å². The van der Waals surface area contributed by atoms with E-state index in [9.17, 15) is 0 Å². The fourth-order valence-corrected chi connectivity index (χ4v) is 7.71. The average Bonchev–Trinajstić information content (AvgIpc) is 3.72. The van der Waals surface area contributed by atoms with E-state index in [0.717, 1.165) is 55.7 Å². The van der Waals surface area contributed by atoms with E-state index in [4.69, 9.17) is 15.0 Å². The number of aromatic nitrogens is 5. The van der Waals surface area contributed by atoms with Crippen LogP contribution in [0.2, 0.25) is 0 Å². The number of nitrogens with zero attached hydrogens (tertiary/aromatic N) is 5. The van der Waals surface area contributed by atoms with Crippen molar-refractivity contribution in [3.8, 4) is 45.5 Å². The van der Waals surface area contributed by atoms with Crippen molar-refractivity contribution >= 4 is 43.6 Å². The van der Waals surface area contributed by atoms with Crippen molar-refractivity contribution in [1.29, 1.82) is 0 Å². The number of hydrogen-bond donors (Lipinski definition) is 0. The highest BCUT2D eigenvalue weighted by Gasteiger charge is 2.25. The van der Waals surface area contributed by atoms with Crippen molar-refractivity contribution < 1.29 is 0 Å². The molecule has 0 atom stereocenters. The second-order valence-electron chi connectivity index (χ2n) is 12.9. The molecule has 0 fully saturated rings. The van der Waals surface area contributed by atoms with Crippen molar-refractivity contribution in [1.82, 2.24) is 24.1 Å². The summed E-state index contributed by atoms with van der Waals surface area (Å²) in [6, 6.07) is 59.4. The van der Waals surface area contributed by atoms with Gasteiger partial charge in [-0.2, -0.15) is 0 Å². The average molecular weight is 654 g/mol. The van der Waals surface area contributed by atoms with Crippen LogP contribution in [0.25, 0.3) is 89.2 Å². The molecule has 5 heteroatoms. The van der Waals surface area contributed by atoms with Gasteiger partial charge in [0.1, 0.15) is 0 Å².